The maximum atomic E-state index is 6.54. The number of hydrogen-bond donors (Lipinski definition) is 0. The molecule has 0 N–H and O–H groups in total. The van der Waals surface area contributed by atoms with Gasteiger partial charge >= 0.3 is 0 Å². The Hall–Kier alpha value is -5.92. The Bertz CT molecular complexity index is 2780. The van der Waals surface area contributed by atoms with Crippen molar-refractivity contribution >= 4 is 75.8 Å². The van der Waals surface area contributed by atoms with Crippen molar-refractivity contribution < 1.29 is 4.42 Å². The summed E-state index contributed by atoms with van der Waals surface area (Å²) in [5.41, 5.74) is 6.75. The van der Waals surface area contributed by atoms with Crippen molar-refractivity contribution in [1.82, 2.24) is 0 Å². The van der Waals surface area contributed by atoms with E-state index in [1.807, 2.05) is 0 Å². The molecule has 0 spiro atoms. The number of hydrogen-bond acceptors (Lipinski definition) is 1. The van der Waals surface area contributed by atoms with Crippen LogP contribution in [0.3, 0.4) is 0 Å². The molecule has 0 saturated heterocycles. The van der Waals surface area contributed by atoms with Crippen LogP contribution >= 0.6 is 0 Å². The third-order valence-corrected chi connectivity index (χ3v) is 9.60. The molecule has 0 radical (unpaired) electrons. The van der Waals surface area contributed by atoms with E-state index < -0.39 is 0 Å². The standard InChI is InChI=1S/C44H26O/c1-2-13-33-27(9-1)10-8-18-34(33)31-12-7-11-28(23-31)29-19-20-30-26-42-40(25-32(30)24-29)44-41(45-42)22-21-39-37-16-4-3-14-35(37)36-15-5-6-17-38(36)43(39)44/h1-26H. The zero-order valence-corrected chi connectivity index (χ0v) is 24.4. The Labute approximate surface area is 259 Å². The van der Waals surface area contributed by atoms with Gasteiger partial charge in [-0.25, -0.2) is 0 Å². The van der Waals surface area contributed by atoms with Crippen LogP contribution in [-0.4, -0.2) is 0 Å². The molecular weight excluding hydrogens is 544 g/mol. The summed E-state index contributed by atoms with van der Waals surface area (Å²) in [5.74, 6) is 0. The van der Waals surface area contributed by atoms with Gasteiger partial charge in [0.25, 0.3) is 0 Å². The Kier molecular flexibility index (Phi) is 5.06. The lowest BCUT2D eigenvalue weighted by molar-refractivity contribution is 0.670. The minimum Gasteiger partial charge on any atom is -0.456 e. The molecule has 1 nitrogen and oxygen atoms in total. The Morgan fingerprint density at radius 1 is 0.289 bits per heavy atom. The monoisotopic (exact) mass is 570 g/mol. The zero-order chi connectivity index (χ0) is 29.5. The van der Waals surface area contributed by atoms with Crippen LogP contribution in [0.2, 0.25) is 0 Å². The molecule has 208 valence electrons. The van der Waals surface area contributed by atoms with Gasteiger partial charge < -0.3 is 4.42 Å². The lowest BCUT2D eigenvalue weighted by Gasteiger charge is -2.11. The Balaban J connectivity index is 1.21. The molecule has 0 amide bonds. The summed E-state index contributed by atoms with van der Waals surface area (Å²) < 4.78 is 6.54. The molecule has 10 rings (SSSR count). The van der Waals surface area contributed by atoms with Gasteiger partial charge in [0.1, 0.15) is 11.2 Å². The van der Waals surface area contributed by atoms with Crippen molar-refractivity contribution in [2.75, 3.05) is 0 Å². The quantitative estimate of drug-likeness (QED) is 0.188. The summed E-state index contributed by atoms with van der Waals surface area (Å²) in [6.07, 6.45) is 0. The largest absolute Gasteiger partial charge is 0.456 e. The molecule has 0 aliphatic rings. The predicted octanol–water partition coefficient (Wildman–Crippen LogP) is 12.7. The number of rotatable bonds is 2. The van der Waals surface area contributed by atoms with Crippen molar-refractivity contribution in [3.8, 4) is 22.3 Å². The van der Waals surface area contributed by atoms with Crippen LogP contribution in [0, 0.1) is 0 Å². The first kappa shape index (κ1) is 24.5. The summed E-state index contributed by atoms with van der Waals surface area (Å²) in [4.78, 5) is 0. The van der Waals surface area contributed by atoms with E-state index in [1.165, 1.54) is 81.5 Å². The van der Waals surface area contributed by atoms with E-state index in [2.05, 4.69) is 158 Å². The smallest absolute Gasteiger partial charge is 0.136 e. The van der Waals surface area contributed by atoms with Crippen LogP contribution in [-0.2, 0) is 0 Å². The highest BCUT2D eigenvalue weighted by molar-refractivity contribution is 6.34. The molecular formula is C44H26O. The van der Waals surface area contributed by atoms with Gasteiger partial charge in [0, 0.05) is 16.2 Å². The van der Waals surface area contributed by atoms with E-state index in [0.29, 0.717) is 0 Å². The van der Waals surface area contributed by atoms with Crippen LogP contribution in [0.1, 0.15) is 0 Å². The second-order valence-electron chi connectivity index (χ2n) is 12.1. The van der Waals surface area contributed by atoms with Gasteiger partial charge in [-0.15, -0.1) is 0 Å². The van der Waals surface area contributed by atoms with Crippen molar-refractivity contribution in [2.24, 2.45) is 0 Å². The van der Waals surface area contributed by atoms with Gasteiger partial charge in [-0.3, -0.25) is 0 Å². The second-order valence-corrected chi connectivity index (χ2v) is 12.1. The van der Waals surface area contributed by atoms with Crippen LogP contribution in [0.15, 0.2) is 162 Å². The number of furan rings is 1. The lowest BCUT2D eigenvalue weighted by atomic mass is 9.91. The van der Waals surface area contributed by atoms with Crippen molar-refractivity contribution in [3.05, 3.63) is 158 Å². The molecule has 10 aromatic rings. The maximum Gasteiger partial charge on any atom is 0.136 e. The third-order valence-electron chi connectivity index (χ3n) is 9.60. The molecule has 1 heterocycles. The summed E-state index contributed by atoms with van der Waals surface area (Å²) in [5, 5.41) is 14.9. The summed E-state index contributed by atoms with van der Waals surface area (Å²) in [6.45, 7) is 0. The van der Waals surface area contributed by atoms with Crippen molar-refractivity contribution in [1.29, 1.82) is 0 Å². The van der Waals surface area contributed by atoms with Gasteiger partial charge in [0.05, 0.1) is 0 Å². The highest BCUT2D eigenvalue weighted by atomic mass is 16.3. The average Bonchev–Trinajstić information content (AvgIpc) is 3.47. The first-order chi connectivity index (χ1) is 22.3. The third kappa shape index (κ3) is 3.62. The lowest BCUT2D eigenvalue weighted by Crippen LogP contribution is -1.85. The predicted molar refractivity (Wildman–Crippen MR) is 192 cm³/mol. The minimum atomic E-state index is 0.924. The second kappa shape index (κ2) is 9.29. The molecule has 0 aliphatic heterocycles. The maximum absolute atomic E-state index is 6.54. The fraction of sp³-hybridized carbons (Fsp3) is 0. The van der Waals surface area contributed by atoms with Gasteiger partial charge in [-0.2, -0.15) is 0 Å². The van der Waals surface area contributed by atoms with Gasteiger partial charge in [0.15, 0.2) is 0 Å². The van der Waals surface area contributed by atoms with E-state index in [4.69, 9.17) is 4.42 Å². The van der Waals surface area contributed by atoms with E-state index in [-0.39, 0.29) is 0 Å². The fourth-order valence-corrected chi connectivity index (χ4v) is 7.53. The van der Waals surface area contributed by atoms with Gasteiger partial charge in [-0.05, 0) is 107 Å². The summed E-state index contributed by atoms with van der Waals surface area (Å²) in [6, 6.07) is 57.3. The number of fused-ring (bicyclic) bond motifs is 12. The zero-order valence-electron chi connectivity index (χ0n) is 24.4. The normalized spacial score (nSPS) is 12.0. The topological polar surface area (TPSA) is 13.1 Å². The minimum absolute atomic E-state index is 0.924. The molecule has 1 aromatic heterocycles. The molecule has 1 heteroatoms. The molecule has 0 atom stereocenters. The molecule has 45 heavy (non-hydrogen) atoms. The van der Waals surface area contributed by atoms with Gasteiger partial charge in [0.2, 0.25) is 0 Å². The molecule has 0 aliphatic carbocycles. The Morgan fingerprint density at radius 3 is 1.78 bits per heavy atom. The van der Waals surface area contributed by atoms with E-state index >= 15 is 0 Å². The first-order valence-corrected chi connectivity index (χ1v) is 15.5. The van der Waals surface area contributed by atoms with Crippen LogP contribution in [0.4, 0.5) is 0 Å². The SMILES string of the molecule is c1cc(-c2ccc3cc4oc5ccc6c7ccccc7c7ccccc7c6c5c4cc3c2)cc(-c2cccc3ccccc23)c1. The van der Waals surface area contributed by atoms with Crippen LogP contribution in [0.25, 0.3) is 98.1 Å². The molecule has 0 unspecified atom stereocenters. The average molecular weight is 571 g/mol. The Morgan fingerprint density at radius 2 is 0.933 bits per heavy atom. The highest BCUT2D eigenvalue weighted by Gasteiger charge is 2.17. The summed E-state index contributed by atoms with van der Waals surface area (Å²) in [7, 11) is 0. The van der Waals surface area contributed by atoms with E-state index in [0.717, 1.165) is 16.6 Å². The van der Waals surface area contributed by atoms with E-state index in [1.54, 1.807) is 0 Å². The van der Waals surface area contributed by atoms with Crippen molar-refractivity contribution in [2.45, 2.75) is 0 Å². The van der Waals surface area contributed by atoms with Crippen LogP contribution < -0.4 is 0 Å². The molecule has 0 fully saturated rings. The molecule has 9 aromatic carbocycles. The fourth-order valence-electron chi connectivity index (χ4n) is 7.53. The highest BCUT2D eigenvalue weighted by Crippen LogP contribution is 2.43. The molecule has 0 saturated carbocycles. The summed E-state index contributed by atoms with van der Waals surface area (Å²) >= 11 is 0. The van der Waals surface area contributed by atoms with Crippen LogP contribution in [0.5, 0.6) is 0 Å². The first-order valence-electron chi connectivity index (χ1n) is 15.5. The van der Waals surface area contributed by atoms with E-state index in [9.17, 15) is 0 Å². The molecule has 0 bridgehead atoms. The number of benzene rings is 9. The van der Waals surface area contributed by atoms with Gasteiger partial charge in [-0.1, -0.05) is 121 Å². The van der Waals surface area contributed by atoms with Crippen molar-refractivity contribution in [3.63, 3.8) is 0 Å².